The maximum atomic E-state index is 13.8. The van der Waals surface area contributed by atoms with Gasteiger partial charge in [0.15, 0.2) is 9.84 Å². The Morgan fingerprint density at radius 1 is 1.02 bits per heavy atom. The molecule has 2 fully saturated rings. The van der Waals surface area contributed by atoms with Gasteiger partial charge < -0.3 is 14.2 Å². The number of non-ortho nitro benzene ring substituents is 1. The van der Waals surface area contributed by atoms with E-state index in [1.165, 1.54) is 45.3 Å². The van der Waals surface area contributed by atoms with Gasteiger partial charge in [0.05, 0.1) is 45.9 Å². The highest BCUT2D eigenvalue weighted by Gasteiger charge is 2.47. The lowest BCUT2D eigenvalue weighted by atomic mass is 9.96. The summed E-state index contributed by atoms with van der Waals surface area (Å²) in [6, 6.07) is 4.53. The van der Waals surface area contributed by atoms with Crippen molar-refractivity contribution >= 4 is 50.8 Å². The molecule has 256 valence electrons. The van der Waals surface area contributed by atoms with Crippen LogP contribution in [-0.4, -0.2) is 51.3 Å². The van der Waals surface area contributed by atoms with Gasteiger partial charge in [-0.25, -0.2) is 22.9 Å². The predicted molar refractivity (Wildman–Crippen MR) is 175 cm³/mol. The molecule has 0 N–H and O–H groups in total. The number of nitro groups is 1. The lowest BCUT2D eigenvalue weighted by molar-refractivity contribution is -0.385. The molecule has 2 aromatic rings. The molecule has 2 aliphatic rings. The molecular weight excluding hydrogens is 652 g/mol. The molecule has 1 saturated carbocycles. The summed E-state index contributed by atoms with van der Waals surface area (Å²) in [6.45, 7) is 2.25. The Labute approximate surface area is 279 Å². The molecule has 47 heavy (non-hydrogen) atoms. The standard InChI is InChI=1S/C33H41ClN2O10S/c1-4-5-6-7-8-9-10-11-12-13-16-45-32(38)24-19-26(25(34)20-28(24)47(3,42)43)35-31(37)30(46-33(35)39)29-23(21-14-15-21)17-22(36(40)41)18-27(29)44-2/h17-21,30H,4-16H2,1-3H3. The first-order valence-electron chi connectivity index (χ1n) is 16.0. The largest absolute Gasteiger partial charge is 0.496 e. The third-order valence-corrected chi connectivity index (χ3v) is 9.79. The molecule has 2 amide bonds. The highest BCUT2D eigenvalue weighted by Crippen LogP contribution is 2.50. The minimum atomic E-state index is -3.98. The number of carbonyl (C=O) groups excluding carboxylic acids is 3. The summed E-state index contributed by atoms with van der Waals surface area (Å²) in [7, 11) is -2.70. The second-order valence-electron chi connectivity index (χ2n) is 12.0. The summed E-state index contributed by atoms with van der Waals surface area (Å²) in [6.07, 6.45) is 10.6. The zero-order valence-corrected chi connectivity index (χ0v) is 28.5. The fraction of sp³-hybridized carbons (Fsp3) is 0.545. The molecule has 12 nitrogen and oxygen atoms in total. The average molecular weight is 693 g/mol. The Hall–Kier alpha value is -3.71. The van der Waals surface area contributed by atoms with Crippen LogP contribution in [0.2, 0.25) is 5.02 Å². The van der Waals surface area contributed by atoms with Crippen LogP contribution in [-0.2, 0) is 24.1 Å². The fourth-order valence-corrected chi connectivity index (χ4v) is 6.93. The van der Waals surface area contributed by atoms with E-state index < -0.39 is 43.7 Å². The average Bonchev–Trinajstić information content (AvgIpc) is 3.83. The van der Waals surface area contributed by atoms with E-state index in [-0.39, 0.29) is 45.8 Å². The van der Waals surface area contributed by atoms with E-state index in [0.717, 1.165) is 63.0 Å². The zero-order valence-electron chi connectivity index (χ0n) is 26.9. The SMILES string of the molecule is CCCCCCCCCCCCOC(=O)c1cc(N2C(=O)OC(c3c(OC)cc([N+](=O)[O-])cc3C3CC3)C2=O)c(Cl)cc1S(C)(=O)=O. The van der Waals surface area contributed by atoms with E-state index in [1.54, 1.807) is 0 Å². The van der Waals surface area contributed by atoms with Crippen LogP contribution in [0.15, 0.2) is 29.2 Å². The normalized spacial score (nSPS) is 16.3. The van der Waals surface area contributed by atoms with Gasteiger partial charge in [-0.15, -0.1) is 0 Å². The third-order valence-electron chi connectivity index (χ3n) is 8.36. The molecule has 0 bridgehead atoms. The predicted octanol–water partition coefficient (Wildman–Crippen LogP) is 7.84. The monoisotopic (exact) mass is 692 g/mol. The number of imide groups is 1. The number of amides is 2. The maximum absolute atomic E-state index is 13.8. The fourth-order valence-electron chi connectivity index (χ4n) is 5.74. The maximum Gasteiger partial charge on any atom is 0.422 e. The first-order chi connectivity index (χ1) is 22.4. The summed E-state index contributed by atoms with van der Waals surface area (Å²) in [5.41, 5.74) is -0.243. The molecule has 1 saturated heterocycles. The topological polar surface area (TPSA) is 159 Å². The van der Waals surface area contributed by atoms with Crippen molar-refractivity contribution in [1.82, 2.24) is 0 Å². The van der Waals surface area contributed by atoms with Crippen LogP contribution in [0, 0.1) is 10.1 Å². The molecule has 1 atom stereocenters. The van der Waals surface area contributed by atoms with Crippen molar-refractivity contribution in [3.63, 3.8) is 0 Å². The van der Waals surface area contributed by atoms with Gasteiger partial charge in [0, 0.05) is 17.9 Å². The van der Waals surface area contributed by atoms with Gasteiger partial charge >= 0.3 is 12.1 Å². The number of nitro benzene ring substituents is 1. The second-order valence-corrected chi connectivity index (χ2v) is 14.4. The van der Waals surface area contributed by atoms with E-state index in [0.29, 0.717) is 16.9 Å². The highest BCUT2D eigenvalue weighted by molar-refractivity contribution is 7.90. The van der Waals surface area contributed by atoms with Gasteiger partial charge in [-0.1, -0.05) is 76.3 Å². The number of anilines is 1. The van der Waals surface area contributed by atoms with Crippen molar-refractivity contribution in [3.05, 3.63) is 56.1 Å². The Morgan fingerprint density at radius 2 is 1.64 bits per heavy atom. The van der Waals surface area contributed by atoms with Crippen molar-refractivity contribution in [2.75, 3.05) is 24.9 Å². The van der Waals surface area contributed by atoms with Crippen LogP contribution in [0.25, 0.3) is 0 Å². The smallest absolute Gasteiger partial charge is 0.422 e. The summed E-state index contributed by atoms with van der Waals surface area (Å²) in [5, 5.41) is 11.2. The molecule has 1 aliphatic carbocycles. The molecular formula is C33H41ClN2O10S. The summed E-state index contributed by atoms with van der Waals surface area (Å²) in [4.78, 5) is 51.3. The van der Waals surface area contributed by atoms with Gasteiger partial charge in [-0.3, -0.25) is 14.9 Å². The number of sulfone groups is 1. The van der Waals surface area contributed by atoms with Crippen LogP contribution in [0.3, 0.4) is 0 Å². The van der Waals surface area contributed by atoms with Crippen molar-refractivity contribution in [1.29, 1.82) is 0 Å². The minimum absolute atomic E-state index is 0.00358. The van der Waals surface area contributed by atoms with E-state index in [1.807, 2.05) is 0 Å². The van der Waals surface area contributed by atoms with Crippen molar-refractivity contribution < 1.29 is 41.9 Å². The van der Waals surface area contributed by atoms with Crippen molar-refractivity contribution in [3.8, 4) is 5.75 Å². The molecule has 0 radical (unpaired) electrons. The van der Waals surface area contributed by atoms with Crippen LogP contribution < -0.4 is 9.64 Å². The zero-order chi connectivity index (χ0) is 34.3. The first-order valence-corrected chi connectivity index (χ1v) is 18.3. The van der Waals surface area contributed by atoms with Crippen LogP contribution >= 0.6 is 11.6 Å². The van der Waals surface area contributed by atoms with Crippen LogP contribution in [0.1, 0.15) is 117 Å². The number of rotatable bonds is 18. The van der Waals surface area contributed by atoms with Gasteiger partial charge in [0.25, 0.3) is 11.6 Å². The third kappa shape index (κ3) is 8.81. The number of nitrogens with zero attached hydrogens (tertiary/aromatic N) is 2. The van der Waals surface area contributed by atoms with Crippen molar-refractivity contribution in [2.24, 2.45) is 0 Å². The number of halogens is 1. The lowest BCUT2D eigenvalue weighted by Gasteiger charge is -2.18. The van der Waals surface area contributed by atoms with Crippen LogP contribution in [0.5, 0.6) is 5.75 Å². The number of cyclic esters (lactones) is 1. The molecule has 14 heteroatoms. The number of carbonyl (C=O) groups is 3. The number of hydrogen-bond acceptors (Lipinski definition) is 10. The molecule has 0 spiro atoms. The van der Waals surface area contributed by atoms with Crippen LogP contribution in [0.4, 0.5) is 16.2 Å². The quantitative estimate of drug-likeness (QED) is 0.0651. The highest BCUT2D eigenvalue weighted by atomic mass is 35.5. The number of unbranched alkanes of at least 4 members (excludes halogenated alkanes) is 9. The lowest BCUT2D eigenvalue weighted by Crippen LogP contribution is -2.30. The van der Waals surface area contributed by atoms with E-state index in [9.17, 15) is 32.9 Å². The van der Waals surface area contributed by atoms with E-state index >= 15 is 0 Å². The number of ether oxygens (including phenoxy) is 3. The number of esters is 1. The summed E-state index contributed by atoms with van der Waals surface area (Å²) >= 11 is 6.43. The number of benzene rings is 2. The Balaban J connectivity index is 1.52. The van der Waals surface area contributed by atoms with E-state index in [4.69, 9.17) is 25.8 Å². The molecule has 1 heterocycles. The Kier molecular flexibility index (Phi) is 12.2. The molecule has 4 rings (SSSR count). The Bertz CT molecular complexity index is 1620. The summed E-state index contributed by atoms with van der Waals surface area (Å²) in [5.74, 6) is -1.91. The second kappa shape index (κ2) is 15.9. The number of hydrogen-bond donors (Lipinski definition) is 0. The minimum Gasteiger partial charge on any atom is -0.496 e. The van der Waals surface area contributed by atoms with Gasteiger partial charge in [-0.2, -0.15) is 0 Å². The molecule has 1 aliphatic heterocycles. The van der Waals surface area contributed by atoms with Gasteiger partial charge in [-0.05, 0) is 42.9 Å². The Morgan fingerprint density at radius 3 is 2.19 bits per heavy atom. The number of methoxy groups -OCH3 is 1. The van der Waals surface area contributed by atoms with Gasteiger partial charge in [0.2, 0.25) is 6.10 Å². The molecule has 0 aromatic heterocycles. The first kappa shape index (κ1) is 36.1. The summed E-state index contributed by atoms with van der Waals surface area (Å²) < 4.78 is 41.5. The molecule has 1 unspecified atom stereocenters. The van der Waals surface area contributed by atoms with E-state index in [2.05, 4.69) is 6.92 Å². The van der Waals surface area contributed by atoms with Gasteiger partial charge in [0.1, 0.15) is 5.75 Å². The molecule has 2 aromatic carbocycles. The van der Waals surface area contributed by atoms with Crippen molar-refractivity contribution in [2.45, 2.75) is 101 Å².